The molecule has 0 aliphatic heterocycles. The quantitative estimate of drug-likeness (QED) is 0.828. The highest BCUT2D eigenvalue weighted by atomic mass is 16.2. The van der Waals surface area contributed by atoms with Crippen LogP contribution in [-0.2, 0) is 11.3 Å². The highest BCUT2D eigenvalue weighted by molar-refractivity contribution is 5.78. The van der Waals surface area contributed by atoms with Gasteiger partial charge in [0.05, 0.1) is 6.54 Å². The first-order chi connectivity index (χ1) is 8.18. The van der Waals surface area contributed by atoms with Crippen molar-refractivity contribution in [3.63, 3.8) is 0 Å². The molecule has 1 amide bonds. The molecule has 4 nitrogen and oxygen atoms in total. The summed E-state index contributed by atoms with van der Waals surface area (Å²) in [6.45, 7) is 3.16. The van der Waals surface area contributed by atoms with Gasteiger partial charge in [-0.1, -0.05) is 0 Å². The maximum Gasteiger partial charge on any atom is 0.236 e. The zero-order chi connectivity index (χ0) is 12.3. The van der Waals surface area contributed by atoms with Crippen LogP contribution in [0.4, 0.5) is 0 Å². The third-order valence-electron chi connectivity index (χ3n) is 3.22. The largest absolute Gasteiger partial charge is 0.342 e. The van der Waals surface area contributed by atoms with Gasteiger partial charge in [-0.25, -0.2) is 0 Å². The number of carbonyl (C=O) groups is 1. The van der Waals surface area contributed by atoms with Gasteiger partial charge in [0.1, 0.15) is 0 Å². The summed E-state index contributed by atoms with van der Waals surface area (Å²) in [5.41, 5.74) is 2.35. The maximum atomic E-state index is 11.8. The van der Waals surface area contributed by atoms with Gasteiger partial charge in [-0.15, -0.1) is 0 Å². The van der Waals surface area contributed by atoms with E-state index in [1.807, 2.05) is 31.1 Å². The Bertz CT molecular complexity index is 401. The van der Waals surface area contributed by atoms with Crippen molar-refractivity contribution in [2.45, 2.75) is 32.4 Å². The zero-order valence-corrected chi connectivity index (χ0v) is 10.4. The third kappa shape index (κ3) is 3.27. The molecule has 0 aromatic carbocycles. The first-order valence-electron chi connectivity index (χ1n) is 6.04. The van der Waals surface area contributed by atoms with Crippen LogP contribution >= 0.6 is 0 Å². The molecule has 1 saturated carbocycles. The van der Waals surface area contributed by atoms with Gasteiger partial charge >= 0.3 is 0 Å². The molecule has 1 fully saturated rings. The number of aryl methyl sites for hydroxylation is 1. The van der Waals surface area contributed by atoms with E-state index in [1.54, 1.807) is 6.20 Å². The Kier molecular flexibility index (Phi) is 3.74. The minimum absolute atomic E-state index is 0.180. The van der Waals surface area contributed by atoms with E-state index in [2.05, 4.69) is 10.3 Å². The molecule has 0 atom stereocenters. The van der Waals surface area contributed by atoms with Gasteiger partial charge in [-0.05, 0) is 37.0 Å². The van der Waals surface area contributed by atoms with Crippen LogP contribution in [0.1, 0.15) is 24.0 Å². The lowest BCUT2D eigenvalue weighted by molar-refractivity contribution is -0.129. The van der Waals surface area contributed by atoms with E-state index in [0.717, 1.165) is 24.9 Å². The third-order valence-corrected chi connectivity index (χ3v) is 3.22. The van der Waals surface area contributed by atoms with Crippen molar-refractivity contribution in [1.29, 1.82) is 0 Å². The number of nitrogens with zero attached hydrogens (tertiary/aromatic N) is 2. The van der Waals surface area contributed by atoms with Crippen LogP contribution in [0.5, 0.6) is 0 Å². The van der Waals surface area contributed by atoms with Gasteiger partial charge in [-0.2, -0.15) is 0 Å². The Morgan fingerprint density at radius 2 is 2.35 bits per heavy atom. The predicted molar refractivity (Wildman–Crippen MR) is 66.5 cm³/mol. The second-order valence-corrected chi connectivity index (χ2v) is 4.64. The summed E-state index contributed by atoms with van der Waals surface area (Å²) >= 11 is 0. The van der Waals surface area contributed by atoms with Gasteiger partial charge in [0.15, 0.2) is 0 Å². The number of likely N-dealkylation sites (N-methyl/N-ethyl adjacent to an activating group) is 1. The summed E-state index contributed by atoms with van der Waals surface area (Å²) in [4.78, 5) is 17.6. The van der Waals surface area contributed by atoms with Crippen LogP contribution in [0.25, 0.3) is 0 Å². The van der Waals surface area contributed by atoms with E-state index < -0.39 is 0 Å². The van der Waals surface area contributed by atoms with Crippen molar-refractivity contribution in [3.05, 3.63) is 29.6 Å². The van der Waals surface area contributed by atoms with Crippen LogP contribution in [0, 0.1) is 6.92 Å². The van der Waals surface area contributed by atoms with Crippen LogP contribution in [-0.4, -0.2) is 35.4 Å². The molecule has 1 aliphatic carbocycles. The fraction of sp³-hybridized carbons (Fsp3) is 0.538. The van der Waals surface area contributed by atoms with E-state index in [1.165, 1.54) is 5.56 Å². The number of rotatable bonds is 5. The first-order valence-corrected chi connectivity index (χ1v) is 6.04. The number of pyridine rings is 1. The molecule has 1 aromatic rings. The molecule has 17 heavy (non-hydrogen) atoms. The summed E-state index contributed by atoms with van der Waals surface area (Å²) < 4.78 is 0. The van der Waals surface area contributed by atoms with Gasteiger partial charge in [-0.3, -0.25) is 9.78 Å². The number of amides is 1. The topological polar surface area (TPSA) is 45.2 Å². The molecule has 0 saturated heterocycles. The maximum absolute atomic E-state index is 11.8. The molecule has 4 heteroatoms. The van der Waals surface area contributed by atoms with Crippen molar-refractivity contribution in [2.75, 3.05) is 13.6 Å². The van der Waals surface area contributed by atoms with Crippen molar-refractivity contribution < 1.29 is 4.79 Å². The molecule has 1 N–H and O–H groups in total. The zero-order valence-electron chi connectivity index (χ0n) is 10.4. The number of aromatic nitrogens is 1. The van der Waals surface area contributed by atoms with Gasteiger partial charge in [0, 0.05) is 32.0 Å². The number of carbonyl (C=O) groups excluding carboxylic acids is 1. The average Bonchev–Trinajstić information content (AvgIpc) is 3.14. The molecule has 1 heterocycles. The van der Waals surface area contributed by atoms with E-state index in [0.29, 0.717) is 12.6 Å². The standard InChI is InChI=1S/C13H19N3O/c1-10-7-14-6-5-11(10)8-15-9-13(17)16(2)12-3-4-12/h5-7,12,15H,3-4,8-9H2,1-2H3. The fourth-order valence-electron chi connectivity index (χ4n) is 1.79. The summed E-state index contributed by atoms with van der Waals surface area (Å²) in [5, 5.41) is 3.19. The lowest BCUT2D eigenvalue weighted by atomic mass is 10.1. The number of hydrogen-bond donors (Lipinski definition) is 1. The molecule has 0 bridgehead atoms. The van der Waals surface area contributed by atoms with Crippen molar-refractivity contribution in [3.8, 4) is 0 Å². The molecule has 0 unspecified atom stereocenters. The molecular formula is C13H19N3O. The summed E-state index contributed by atoms with van der Waals surface area (Å²) in [5.74, 6) is 0.180. The summed E-state index contributed by atoms with van der Waals surface area (Å²) in [6, 6.07) is 2.48. The molecule has 1 aromatic heterocycles. The van der Waals surface area contributed by atoms with Crippen molar-refractivity contribution >= 4 is 5.91 Å². The Labute approximate surface area is 102 Å². The second kappa shape index (κ2) is 5.27. The molecule has 2 rings (SSSR count). The fourth-order valence-corrected chi connectivity index (χ4v) is 1.79. The lowest BCUT2D eigenvalue weighted by Crippen LogP contribution is -2.36. The monoisotopic (exact) mass is 233 g/mol. The van der Waals surface area contributed by atoms with Crippen molar-refractivity contribution in [2.24, 2.45) is 0 Å². The van der Waals surface area contributed by atoms with Crippen LogP contribution in [0.3, 0.4) is 0 Å². The molecule has 0 radical (unpaired) electrons. The molecular weight excluding hydrogens is 214 g/mol. The number of hydrogen-bond acceptors (Lipinski definition) is 3. The smallest absolute Gasteiger partial charge is 0.236 e. The van der Waals surface area contributed by atoms with Crippen LogP contribution < -0.4 is 5.32 Å². The van der Waals surface area contributed by atoms with Crippen LogP contribution in [0.2, 0.25) is 0 Å². The summed E-state index contributed by atoms with van der Waals surface area (Å²) in [6.07, 6.45) is 5.94. The Balaban J connectivity index is 1.75. The van der Waals surface area contributed by atoms with Gasteiger partial charge in [0.2, 0.25) is 5.91 Å². The summed E-state index contributed by atoms with van der Waals surface area (Å²) in [7, 11) is 1.89. The van der Waals surface area contributed by atoms with Gasteiger partial charge in [0.25, 0.3) is 0 Å². The number of nitrogens with one attached hydrogen (secondary N) is 1. The highest BCUT2D eigenvalue weighted by Gasteiger charge is 2.28. The minimum Gasteiger partial charge on any atom is -0.342 e. The molecule has 92 valence electrons. The highest BCUT2D eigenvalue weighted by Crippen LogP contribution is 2.25. The van der Waals surface area contributed by atoms with Crippen LogP contribution in [0.15, 0.2) is 18.5 Å². The van der Waals surface area contributed by atoms with Gasteiger partial charge < -0.3 is 10.2 Å². The first kappa shape index (κ1) is 12.0. The van der Waals surface area contributed by atoms with E-state index in [4.69, 9.17) is 0 Å². The van der Waals surface area contributed by atoms with E-state index in [9.17, 15) is 4.79 Å². The van der Waals surface area contributed by atoms with E-state index in [-0.39, 0.29) is 5.91 Å². The normalized spacial score (nSPS) is 14.7. The second-order valence-electron chi connectivity index (χ2n) is 4.64. The minimum atomic E-state index is 0.180. The van der Waals surface area contributed by atoms with Crippen molar-refractivity contribution in [1.82, 2.24) is 15.2 Å². The molecule has 0 spiro atoms. The SMILES string of the molecule is Cc1cnccc1CNCC(=O)N(C)C1CC1. The lowest BCUT2D eigenvalue weighted by Gasteiger charge is -2.16. The Morgan fingerprint density at radius 3 is 3.00 bits per heavy atom. The Hall–Kier alpha value is -1.42. The Morgan fingerprint density at radius 1 is 1.59 bits per heavy atom. The predicted octanol–water partition coefficient (Wildman–Crippen LogP) is 1.10. The molecule has 1 aliphatic rings. The van der Waals surface area contributed by atoms with E-state index >= 15 is 0 Å². The average molecular weight is 233 g/mol.